The molecule has 0 unspecified atom stereocenters. The summed E-state index contributed by atoms with van der Waals surface area (Å²) < 4.78 is 34.7. The average Bonchev–Trinajstić information content (AvgIpc) is 2.74. The van der Waals surface area contributed by atoms with Crippen molar-refractivity contribution in [3.63, 3.8) is 0 Å². The Morgan fingerprint density at radius 3 is 2.59 bits per heavy atom. The number of fused-ring (bicyclic) bond motifs is 1. The van der Waals surface area contributed by atoms with E-state index in [0.717, 1.165) is 19.3 Å². The SMILES string of the molecule is C[C@H]1CN([C@@H](C)CO)S(=O)(=O)c2ccc(C#CCN(C)C)cc2O[C@H]1CN(C)C(=O)C1CCC1. The molecule has 1 aromatic rings. The quantitative estimate of drug-likeness (QED) is 0.609. The minimum Gasteiger partial charge on any atom is -0.487 e. The number of aliphatic hydroxyl groups is 1. The van der Waals surface area contributed by atoms with Gasteiger partial charge in [-0.1, -0.05) is 25.2 Å². The molecule has 0 spiro atoms. The predicted molar refractivity (Wildman–Crippen MR) is 131 cm³/mol. The Kier molecular flexibility index (Phi) is 8.63. The Morgan fingerprint density at radius 2 is 2.00 bits per heavy atom. The molecule has 1 aliphatic carbocycles. The largest absolute Gasteiger partial charge is 0.487 e. The van der Waals surface area contributed by atoms with Crippen LogP contribution in [-0.4, -0.2) is 93.1 Å². The third kappa shape index (κ3) is 5.92. The number of hydrogen-bond donors (Lipinski definition) is 1. The van der Waals surface area contributed by atoms with Crippen molar-refractivity contribution in [1.29, 1.82) is 0 Å². The molecule has 0 radical (unpaired) electrons. The van der Waals surface area contributed by atoms with E-state index in [1.165, 1.54) is 10.4 Å². The smallest absolute Gasteiger partial charge is 0.247 e. The zero-order valence-corrected chi connectivity index (χ0v) is 21.6. The van der Waals surface area contributed by atoms with Crippen molar-refractivity contribution in [1.82, 2.24) is 14.1 Å². The number of carbonyl (C=O) groups is 1. The highest BCUT2D eigenvalue weighted by atomic mass is 32.2. The lowest BCUT2D eigenvalue weighted by Gasteiger charge is -2.38. The van der Waals surface area contributed by atoms with E-state index in [1.54, 1.807) is 31.0 Å². The van der Waals surface area contributed by atoms with Crippen LogP contribution in [0.4, 0.5) is 0 Å². The number of benzene rings is 1. The fourth-order valence-electron chi connectivity index (χ4n) is 4.15. The molecule has 1 aliphatic heterocycles. The Balaban J connectivity index is 1.98. The Hall–Kier alpha value is -2.12. The lowest BCUT2D eigenvalue weighted by atomic mass is 9.84. The number of hydrogen-bond acceptors (Lipinski definition) is 6. The maximum Gasteiger partial charge on any atom is 0.247 e. The summed E-state index contributed by atoms with van der Waals surface area (Å²) in [5.41, 5.74) is 0.656. The molecule has 1 amide bonds. The molecule has 188 valence electrons. The van der Waals surface area contributed by atoms with E-state index in [-0.39, 0.29) is 41.5 Å². The normalized spacial score (nSPS) is 23.4. The molecule has 3 rings (SSSR count). The fourth-order valence-corrected chi connectivity index (χ4v) is 5.97. The lowest BCUT2D eigenvalue weighted by molar-refractivity contribution is -0.138. The topological polar surface area (TPSA) is 90.4 Å². The van der Waals surface area contributed by atoms with E-state index in [2.05, 4.69) is 11.8 Å². The van der Waals surface area contributed by atoms with Crippen molar-refractivity contribution in [3.05, 3.63) is 23.8 Å². The predicted octanol–water partition coefficient (Wildman–Crippen LogP) is 1.63. The summed E-state index contributed by atoms with van der Waals surface area (Å²) in [6.07, 6.45) is 2.50. The first-order valence-electron chi connectivity index (χ1n) is 11.9. The highest BCUT2D eigenvalue weighted by Crippen LogP contribution is 2.34. The molecule has 1 fully saturated rings. The van der Waals surface area contributed by atoms with E-state index >= 15 is 0 Å². The molecule has 1 N–H and O–H groups in total. The van der Waals surface area contributed by atoms with Gasteiger partial charge in [0.1, 0.15) is 16.7 Å². The average molecular weight is 492 g/mol. The van der Waals surface area contributed by atoms with Crippen LogP contribution in [0.25, 0.3) is 0 Å². The van der Waals surface area contributed by atoms with E-state index in [1.807, 2.05) is 25.9 Å². The van der Waals surface area contributed by atoms with Crippen LogP contribution in [0.1, 0.15) is 38.7 Å². The zero-order chi connectivity index (χ0) is 25.0. The van der Waals surface area contributed by atoms with Crippen LogP contribution in [0.5, 0.6) is 5.75 Å². The van der Waals surface area contributed by atoms with Gasteiger partial charge in [0.05, 0.1) is 19.7 Å². The van der Waals surface area contributed by atoms with Crippen LogP contribution in [0.15, 0.2) is 23.1 Å². The number of aliphatic hydroxyl groups excluding tert-OH is 1. The molecule has 1 saturated carbocycles. The van der Waals surface area contributed by atoms with Crippen molar-refractivity contribution in [2.45, 2.75) is 50.2 Å². The van der Waals surface area contributed by atoms with Crippen molar-refractivity contribution in [3.8, 4) is 17.6 Å². The summed E-state index contributed by atoms with van der Waals surface area (Å²) in [4.78, 5) is 16.5. The van der Waals surface area contributed by atoms with Crippen LogP contribution in [0, 0.1) is 23.7 Å². The second kappa shape index (κ2) is 11.1. The number of carbonyl (C=O) groups excluding carboxylic acids is 1. The van der Waals surface area contributed by atoms with Gasteiger partial charge in [0, 0.05) is 37.0 Å². The van der Waals surface area contributed by atoms with E-state index < -0.39 is 22.2 Å². The number of nitrogens with zero attached hydrogens (tertiary/aromatic N) is 3. The lowest BCUT2D eigenvalue weighted by Crippen LogP contribution is -2.50. The maximum atomic E-state index is 13.5. The molecule has 2 aliphatic rings. The summed E-state index contributed by atoms with van der Waals surface area (Å²) in [5, 5.41) is 9.77. The Bertz CT molecular complexity index is 1040. The number of amides is 1. The molecule has 34 heavy (non-hydrogen) atoms. The highest BCUT2D eigenvalue weighted by Gasteiger charge is 2.39. The van der Waals surface area contributed by atoms with Gasteiger partial charge in [-0.15, -0.1) is 0 Å². The monoisotopic (exact) mass is 491 g/mol. The third-order valence-corrected chi connectivity index (χ3v) is 8.60. The molecule has 8 nitrogen and oxygen atoms in total. The molecule has 0 aromatic heterocycles. The highest BCUT2D eigenvalue weighted by molar-refractivity contribution is 7.89. The summed E-state index contributed by atoms with van der Waals surface area (Å²) in [6, 6.07) is 4.28. The van der Waals surface area contributed by atoms with Gasteiger partial charge in [-0.05, 0) is 52.1 Å². The number of likely N-dealkylation sites (N-methyl/N-ethyl adjacent to an activating group) is 1. The van der Waals surface area contributed by atoms with E-state index in [9.17, 15) is 18.3 Å². The molecule has 3 atom stereocenters. The maximum absolute atomic E-state index is 13.5. The van der Waals surface area contributed by atoms with Crippen LogP contribution < -0.4 is 4.74 Å². The first-order valence-corrected chi connectivity index (χ1v) is 13.3. The summed E-state index contributed by atoms with van der Waals surface area (Å²) in [7, 11) is 1.73. The third-order valence-electron chi connectivity index (χ3n) is 6.58. The number of sulfonamides is 1. The second-order valence-electron chi connectivity index (χ2n) is 9.79. The zero-order valence-electron chi connectivity index (χ0n) is 20.8. The molecule has 1 aromatic carbocycles. The van der Waals surface area contributed by atoms with Gasteiger partial charge in [0.2, 0.25) is 15.9 Å². The van der Waals surface area contributed by atoms with E-state index in [4.69, 9.17) is 4.74 Å². The minimum atomic E-state index is -3.90. The molecule has 1 heterocycles. The van der Waals surface area contributed by atoms with E-state index in [0.29, 0.717) is 18.7 Å². The first kappa shape index (κ1) is 26.5. The van der Waals surface area contributed by atoms with Crippen molar-refractivity contribution in [2.24, 2.45) is 11.8 Å². The Labute approximate surface area is 203 Å². The second-order valence-corrected chi connectivity index (χ2v) is 11.6. The van der Waals surface area contributed by atoms with Gasteiger partial charge >= 0.3 is 0 Å². The van der Waals surface area contributed by atoms with Gasteiger partial charge in [-0.3, -0.25) is 9.69 Å². The van der Waals surface area contributed by atoms with Gasteiger partial charge < -0.3 is 14.7 Å². The number of ether oxygens (including phenoxy) is 1. The molecule has 9 heteroatoms. The van der Waals surface area contributed by atoms with Crippen molar-refractivity contribution in [2.75, 3.05) is 47.4 Å². The van der Waals surface area contributed by atoms with Gasteiger partial charge in [0.15, 0.2) is 0 Å². The molecule has 0 saturated heterocycles. The van der Waals surface area contributed by atoms with Gasteiger partial charge in [-0.2, -0.15) is 4.31 Å². The number of rotatable bonds is 6. The minimum absolute atomic E-state index is 0.0517. The summed E-state index contributed by atoms with van der Waals surface area (Å²) in [5.74, 6) is 6.33. The van der Waals surface area contributed by atoms with Crippen LogP contribution in [0.2, 0.25) is 0 Å². The van der Waals surface area contributed by atoms with Crippen LogP contribution in [-0.2, 0) is 14.8 Å². The first-order chi connectivity index (χ1) is 16.0. The summed E-state index contributed by atoms with van der Waals surface area (Å²) >= 11 is 0. The molecular formula is C25H37N3O5S. The van der Waals surface area contributed by atoms with Crippen LogP contribution >= 0.6 is 0 Å². The summed E-state index contributed by atoms with van der Waals surface area (Å²) in [6.45, 7) is 4.43. The standard InChI is InChI=1S/C25H37N3O5S/c1-18-15-28(19(2)17-29)34(31,32)24-12-11-20(8-7-13-26(3)4)14-22(24)33-23(18)16-27(5)25(30)21-9-6-10-21/h11-12,14,18-19,21,23,29H,6,9-10,13,15-17H2,1-5H3/t18-,19-,23-/m0/s1. The van der Waals surface area contributed by atoms with Crippen molar-refractivity contribution < 1.29 is 23.1 Å². The molecular weight excluding hydrogens is 454 g/mol. The molecule has 0 bridgehead atoms. The van der Waals surface area contributed by atoms with Gasteiger partial charge in [-0.25, -0.2) is 8.42 Å². The van der Waals surface area contributed by atoms with Gasteiger partial charge in [0.25, 0.3) is 0 Å². The van der Waals surface area contributed by atoms with Crippen molar-refractivity contribution >= 4 is 15.9 Å². The fraction of sp³-hybridized carbons (Fsp3) is 0.640. The van der Waals surface area contributed by atoms with Crippen LogP contribution in [0.3, 0.4) is 0 Å². The Morgan fingerprint density at radius 1 is 1.29 bits per heavy atom.